The lowest BCUT2D eigenvalue weighted by atomic mass is 9.97. The van der Waals surface area contributed by atoms with E-state index < -0.39 is 0 Å². The summed E-state index contributed by atoms with van der Waals surface area (Å²) >= 11 is 1.48. The Morgan fingerprint density at radius 2 is 2.12 bits per heavy atom. The second kappa shape index (κ2) is 8.91. The molecule has 1 aliphatic rings. The summed E-state index contributed by atoms with van der Waals surface area (Å²) in [6.45, 7) is 2.50. The lowest BCUT2D eigenvalue weighted by molar-refractivity contribution is 0.0665. The van der Waals surface area contributed by atoms with E-state index in [2.05, 4.69) is 10.3 Å². The van der Waals surface area contributed by atoms with Crippen molar-refractivity contribution in [2.45, 2.75) is 19.3 Å². The molecule has 0 bridgehead atoms. The number of piperidine rings is 1. The van der Waals surface area contributed by atoms with Gasteiger partial charge >= 0.3 is 0 Å². The number of thiazole rings is 1. The van der Waals surface area contributed by atoms with Crippen LogP contribution in [0.15, 0.2) is 35.7 Å². The van der Waals surface area contributed by atoms with Crippen molar-refractivity contribution in [3.63, 3.8) is 0 Å². The van der Waals surface area contributed by atoms with Gasteiger partial charge in [0.2, 0.25) is 0 Å². The van der Waals surface area contributed by atoms with E-state index in [-0.39, 0.29) is 17.7 Å². The monoisotopic (exact) mass is 372 g/mol. The van der Waals surface area contributed by atoms with Gasteiger partial charge in [-0.25, -0.2) is 4.98 Å². The van der Waals surface area contributed by atoms with E-state index in [4.69, 9.17) is 5.73 Å². The largest absolute Gasteiger partial charge is 0.352 e. The van der Waals surface area contributed by atoms with Crippen LogP contribution in [-0.2, 0) is 6.42 Å². The molecule has 1 aliphatic heterocycles. The standard InChI is InChI=1S/C19H24N4O2S/c20-9-8-17-22-16(13-26-17)19(25)23-10-4-5-14(12-23)11-21-18(24)15-6-2-1-3-7-15/h1-3,6-7,13-14H,4-5,8-12,20H2,(H,21,24). The second-order valence-electron chi connectivity index (χ2n) is 6.50. The number of hydrogen-bond donors (Lipinski definition) is 2. The Kier molecular flexibility index (Phi) is 6.35. The molecule has 1 fully saturated rings. The molecule has 1 saturated heterocycles. The first-order chi connectivity index (χ1) is 12.7. The summed E-state index contributed by atoms with van der Waals surface area (Å²) in [5, 5.41) is 5.70. The highest BCUT2D eigenvalue weighted by Gasteiger charge is 2.26. The predicted octanol–water partition coefficient (Wildman–Crippen LogP) is 1.93. The summed E-state index contributed by atoms with van der Waals surface area (Å²) in [6.07, 6.45) is 2.65. The Morgan fingerprint density at radius 3 is 2.88 bits per heavy atom. The number of carbonyl (C=O) groups is 2. The first-order valence-corrected chi connectivity index (χ1v) is 9.82. The SMILES string of the molecule is NCCc1nc(C(=O)N2CCCC(CNC(=O)c3ccccc3)C2)cs1. The molecule has 2 aromatic rings. The van der Waals surface area contributed by atoms with Gasteiger partial charge in [-0.15, -0.1) is 11.3 Å². The third-order valence-corrected chi connectivity index (χ3v) is 5.43. The highest BCUT2D eigenvalue weighted by molar-refractivity contribution is 7.09. The third kappa shape index (κ3) is 4.68. The summed E-state index contributed by atoms with van der Waals surface area (Å²) in [4.78, 5) is 31.1. The van der Waals surface area contributed by atoms with Gasteiger partial charge in [0.05, 0.1) is 5.01 Å². The minimum absolute atomic E-state index is 0.0244. The van der Waals surface area contributed by atoms with Crippen molar-refractivity contribution in [1.29, 1.82) is 0 Å². The van der Waals surface area contributed by atoms with E-state index in [1.165, 1.54) is 11.3 Å². The van der Waals surface area contributed by atoms with Gasteiger partial charge in [0.1, 0.15) is 5.69 Å². The van der Waals surface area contributed by atoms with Crippen LogP contribution in [0.4, 0.5) is 0 Å². The van der Waals surface area contributed by atoms with E-state index in [0.717, 1.165) is 24.4 Å². The van der Waals surface area contributed by atoms with Crippen molar-refractivity contribution in [2.24, 2.45) is 11.7 Å². The Morgan fingerprint density at radius 1 is 1.31 bits per heavy atom. The molecule has 7 heteroatoms. The Labute approximate surface area is 157 Å². The zero-order valence-electron chi connectivity index (χ0n) is 14.7. The number of likely N-dealkylation sites (tertiary alicyclic amines) is 1. The first kappa shape index (κ1) is 18.5. The van der Waals surface area contributed by atoms with Crippen molar-refractivity contribution in [3.05, 3.63) is 52.0 Å². The van der Waals surface area contributed by atoms with Crippen LogP contribution in [0.5, 0.6) is 0 Å². The highest BCUT2D eigenvalue weighted by Crippen LogP contribution is 2.19. The van der Waals surface area contributed by atoms with Gasteiger partial charge in [0.25, 0.3) is 11.8 Å². The van der Waals surface area contributed by atoms with Crippen LogP contribution in [0.25, 0.3) is 0 Å². The highest BCUT2D eigenvalue weighted by atomic mass is 32.1. The Hall–Kier alpha value is -2.25. The average Bonchev–Trinajstić information content (AvgIpc) is 3.15. The third-order valence-electron chi connectivity index (χ3n) is 4.52. The molecule has 0 saturated carbocycles. The fourth-order valence-corrected chi connectivity index (χ4v) is 3.94. The molecule has 3 N–H and O–H groups in total. The molecule has 6 nitrogen and oxygen atoms in total. The normalized spacial score (nSPS) is 17.1. The Balaban J connectivity index is 1.53. The fourth-order valence-electron chi connectivity index (χ4n) is 3.15. The zero-order chi connectivity index (χ0) is 18.4. The van der Waals surface area contributed by atoms with Crippen LogP contribution >= 0.6 is 11.3 Å². The zero-order valence-corrected chi connectivity index (χ0v) is 15.5. The smallest absolute Gasteiger partial charge is 0.273 e. The lowest BCUT2D eigenvalue weighted by Gasteiger charge is -2.32. The first-order valence-electron chi connectivity index (χ1n) is 8.94. The molecule has 138 valence electrons. The quantitative estimate of drug-likeness (QED) is 0.811. The molecule has 1 aromatic carbocycles. The summed E-state index contributed by atoms with van der Waals surface area (Å²) in [6, 6.07) is 9.19. The second-order valence-corrected chi connectivity index (χ2v) is 7.44. The predicted molar refractivity (Wildman–Crippen MR) is 102 cm³/mol. The van der Waals surface area contributed by atoms with E-state index >= 15 is 0 Å². The van der Waals surface area contributed by atoms with Crippen LogP contribution in [-0.4, -0.2) is 47.9 Å². The van der Waals surface area contributed by atoms with Crippen LogP contribution in [0.2, 0.25) is 0 Å². The van der Waals surface area contributed by atoms with Crippen LogP contribution in [0.3, 0.4) is 0 Å². The minimum atomic E-state index is -0.0695. The number of nitrogens with zero attached hydrogens (tertiary/aromatic N) is 2. The number of nitrogens with two attached hydrogens (primary N) is 1. The molecular formula is C19H24N4O2S. The van der Waals surface area contributed by atoms with Crippen molar-refractivity contribution in [2.75, 3.05) is 26.2 Å². The van der Waals surface area contributed by atoms with Crippen LogP contribution in [0.1, 0.15) is 38.7 Å². The van der Waals surface area contributed by atoms with Crippen molar-refractivity contribution in [3.8, 4) is 0 Å². The van der Waals surface area contributed by atoms with Crippen molar-refractivity contribution < 1.29 is 9.59 Å². The number of aromatic nitrogens is 1. The molecule has 26 heavy (non-hydrogen) atoms. The maximum Gasteiger partial charge on any atom is 0.273 e. The maximum absolute atomic E-state index is 12.7. The number of hydrogen-bond acceptors (Lipinski definition) is 5. The molecule has 1 aromatic heterocycles. The molecule has 1 atom stereocenters. The van der Waals surface area contributed by atoms with Gasteiger partial charge in [-0.1, -0.05) is 18.2 Å². The van der Waals surface area contributed by atoms with Gasteiger partial charge < -0.3 is 16.0 Å². The number of benzene rings is 1. The molecular weight excluding hydrogens is 348 g/mol. The topological polar surface area (TPSA) is 88.3 Å². The molecule has 2 heterocycles. The molecule has 0 aliphatic carbocycles. The summed E-state index contributed by atoms with van der Waals surface area (Å²) in [5.41, 5.74) is 6.71. The van der Waals surface area contributed by atoms with Gasteiger partial charge in [0.15, 0.2) is 0 Å². The fraction of sp³-hybridized carbons (Fsp3) is 0.421. The Bertz CT molecular complexity index is 747. The molecule has 0 radical (unpaired) electrons. The maximum atomic E-state index is 12.7. The molecule has 3 rings (SSSR count). The van der Waals surface area contributed by atoms with E-state index in [9.17, 15) is 9.59 Å². The summed E-state index contributed by atoms with van der Waals surface area (Å²) < 4.78 is 0. The number of rotatable bonds is 6. The van der Waals surface area contributed by atoms with Crippen LogP contribution < -0.4 is 11.1 Å². The van der Waals surface area contributed by atoms with Gasteiger partial charge in [-0.05, 0) is 37.4 Å². The van der Waals surface area contributed by atoms with E-state index in [0.29, 0.717) is 37.3 Å². The van der Waals surface area contributed by atoms with Crippen molar-refractivity contribution >= 4 is 23.2 Å². The summed E-state index contributed by atoms with van der Waals surface area (Å²) in [5.74, 6) is 0.172. The van der Waals surface area contributed by atoms with E-state index in [1.54, 1.807) is 12.1 Å². The van der Waals surface area contributed by atoms with Gasteiger partial charge in [-0.3, -0.25) is 9.59 Å². The number of nitrogens with one attached hydrogen (secondary N) is 1. The minimum Gasteiger partial charge on any atom is -0.352 e. The van der Waals surface area contributed by atoms with Crippen LogP contribution in [0, 0.1) is 5.92 Å². The van der Waals surface area contributed by atoms with E-state index in [1.807, 2.05) is 28.5 Å². The van der Waals surface area contributed by atoms with Crippen molar-refractivity contribution in [1.82, 2.24) is 15.2 Å². The molecule has 1 unspecified atom stereocenters. The number of carbonyl (C=O) groups excluding carboxylic acids is 2. The van der Waals surface area contributed by atoms with Gasteiger partial charge in [0, 0.05) is 37.0 Å². The molecule has 0 spiro atoms. The number of amides is 2. The lowest BCUT2D eigenvalue weighted by Crippen LogP contribution is -2.43. The van der Waals surface area contributed by atoms with Gasteiger partial charge in [-0.2, -0.15) is 0 Å². The molecule has 2 amide bonds. The summed E-state index contributed by atoms with van der Waals surface area (Å²) in [7, 11) is 0. The average molecular weight is 372 g/mol.